The van der Waals surface area contributed by atoms with E-state index in [0.717, 1.165) is 24.5 Å². The Kier molecular flexibility index (Phi) is 3.65. The number of halogens is 3. The summed E-state index contributed by atoms with van der Waals surface area (Å²) >= 11 is 0. The lowest BCUT2D eigenvalue weighted by Crippen LogP contribution is -2.17. The first-order chi connectivity index (χ1) is 8.46. The second-order valence-corrected chi connectivity index (χ2v) is 4.16. The van der Waals surface area contributed by atoms with Crippen LogP contribution in [0, 0.1) is 0 Å². The zero-order valence-electron chi connectivity index (χ0n) is 9.54. The number of rotatable bonds is 2. The van der Waals surface area contributed by atoms with Crippen LogP contribution in [0.25, 0.3) is 0 Å². The summed E-state index contributed by atoms with van der Waals surface area (Å²) in [6.07, 6.45) is -3.19. The Labute approximate surface area is 102 Å². The first-order valence-electron chi connectivity index (χ1n) is 5.62. The monoisotopic (exact) mass is 262 g/mol. The van der Waals surface area contributed by atoms with Gasteiger partial charge in [-0.25, -0.2) is 0 Å². The molecule has 0 radical (unpaired) electrons. The van der Waals surface area contributed by atoms with E-state index in [-0.39, 0.29) is 5.92 Å². The Hall–Kier alpha value is -1.43. The van der Waals surface area contributed by atoms with Gasteiger partial charge in [-0.05, 0) is 36.5 Å². The van der Waals surface area contributed by atoms with E-state index in [2.05, 4.69) is 4.74 Å². The van der Waals surface area contributed by atoms with Gasteiger partial charge in [0.1, 0.15) is 0 Å². The molecule has 1 heterocycles. The predicted octanol–water partition coefficient (Wildman–Crippen LogP) is 3.18. The minimum Gasteiger partial charge on any atom is -0.504 e. The standard InChI is InChI=1S/C12H13F3O3/c13-12(14,15)18-11-2-1-9(7-10(11)16)8-3-5-17-6-4-8/h1-2,7-8,16H,3-6H2. The van der Waals surface area contributed by atoms with Gasteiger partial charge in [0.05, 0.1) is 0 Å². The SMILES string of the molecule is Oc1cc(C2CCOCC2)ccc1OC(F)(F)F. The molecule has 0 unspecified atom stereocenters. The molecular formula is C12H13F3O3. The summed E-state index contributed by atoms with van der Waals surface area (Å²) in [5, 5.41) is 9.53. The van der Waals surface area contributed by atoms with Crippen LogP contribution in [0.15, 0.2) is 18.2 Å². The van der Waals surface area contributed by atoms with Crippen molar-refractivity contribution < 1.29 is 27.8 Å². The van der Waals surface area contributed by atoms with Gasteiger partial charge in [0.2, 0.25) is 0 Å². The molecule has 0 aliphatic carbocycles. The second-order valence-electron chi connectivity index (χ2n) is 4.16. The minimum atomic E-state index is -4.79. The molecule has 1 aliphatic heterocycles. The van der Waals surface area contributed by atoms with Crippen molar-refractivity contribution in [3.8, 4) is 11.5 Å². The molecule has 2 rings (SSSR count). The van der Waals surface area contributed by atoms with Crippen molar-refractivity contribution in [1.82, 2.24) is 0 Å². The van der Waals surface area contributed by atoms with E-state index in [1.165, 1.54) is 6.07 Å². The number of hydrogen-bond acceptors (Lipinski definition) is 3. The van der Waals surface area contributed by atoms with E-state index < -0.39 is 17.9 Å². The Balaban J connectivity index is 2.13. The molecule has 0 bridgehead atoms. The Morgan fingerprint density at radius 2 is 1.89 bits per heavy atom. The smallest absolute Gasteiger partial charge is 0.504 e. The van der Waals surface area contributed by atoms with Gasteiger partial charge in [0, 0.05) is 13.2 Å². The first-order valence-corrected chi connectivity index (χ1v) is 5.62. The normalized spacial score (nSPS) is 17.7. The molecule has 18 heavy (non-hydrogen) atoms. The summed E-state index contributed by atoms with van der Waals surface area (Å²) in [5.74, 6) is -0.848. The van der Waals surface area contributed by atoms with Gasteiger partial charge in [-0.3, -0.25) is 0 Å². The van der Waals surface area contributed by atoms with Crippen LogP contribution in [0.2, 0.25) is 0 Å². The molecule has 0 spiro atoms. The molecule has 0 amide bonds. The quantitative estimate of drug-likeness (QED) is 0.889. The van der Waals surface area contributed by atoms with E-state index in [0.29, 0.717) is 13.2 Å². The third-order valence-corrected chi connectivity index (χ3v) is 2.90. The van der Waals surface area contributed by atoms with Crippen LogP contribution in [0.5, 0.6) is 11.5 Å². The summed E-state index contributed by atoms with van der Waals surface area (Å²) in [6, 6.07) is 4.03. The van der Waals surface area contributed by atoms with Gasteiger partial charge in [-0.2, -0.15) is 0 Å². The maximum Gasteiger partial charge on any atom is 0.573 e. The fourth-order valence-electron chi connectivity index (χ4n) is 2.03. The van der Waals surface area contributed by atoms with E-state index in [1.54, 1.807) is 6.07 Å². The fraction of sp³-hybridized carbons (Fsp3) is 0.500. The fourth-order valence-corrected chi connectivity index (χ4v) is 2.03. The van der Waals surface area contributed by atoms with E-state index in [9.17, 15) is 18.3 Å². The molecule has 1 aromatic rings. The summed E-state index contributed by atoms with van der Waals surface area (Å²) in [4.78, 5) is 0. The largest absolute Gasteiger partial charge is 0.573 e. The highest BCUT2D eigenvalue weighted by atomic mass is 19.4. The van der Waals surface area contributed by atoms with Crippen molar-refractivity contribution in [3.05, 3.63) is 23.8 Å². The predicted molar refractivity (Wildman–Crippen MR) is 57.6 cm³/mol. The second kappa shape index (κ2) is 5.06. The average molecular weight is 262 g/mol. The third kappa shape index (κ3) is 3.29. The molecule has 0 saturated carbocycles. The topological polar surface area (TPSA) is 38.7 Å². The summed E-state index contributed by atoms with van der Waals surface area (Å²) < 4.78 is 45.0. The lowest BCUT2D eigenvalue weighted by molar-refractivity contribution is -0.275. The zero-order valence-corrected chi connectivity index (χ0v) is 9.54. The number of hydrogen-bond donors (Lipinski definition) is 1. The van der Waals surface area contributed by atoms with Gasteiger partial charge in [0.15, 0.2) is 11.5 Å². The lowest BCUT2D eigenvalue weighted by atomic mass is 9.91. The van der Waals surface area contributed by atoms with Crippen LogP contribution in [0.4, 0.5) is 13.2 Å². The maximum absolute atomic E-state index is 12.0. The van der Waals surface area contributed by atoms with Gasteiger partial charge in [-0.15, -0.1) is 13.2 Å². The highest BCUT2D eigenvalue weighted by Gasteiger charge is 2.32. The van der Waals surface area contributed by atoms with Gasteiger partial charge in [0.25, 0.3) is 0 Å². The molecule has 100 valence electrons. The van der Waals surface area contributed by atoms with Crippen molar-refractivity contribution in [3.63, 3.8) is 0 Å². The maximum atomic E-state index is 12.0. The van der Waals surface area contributed by atoms with Crippen LogP contribution < -0.4 is 4.74 Å². The summed E-state index contributed by atoms with van der Waals surface area (Å²) in [5.41, 5.74) is 0.810. The molecule has 1 N–H and O–H groups in total. The highest BCUT2D eigenvalue weighted by Crippen LogP contribution is 2.36. The van der Waals surface area contributed by atoms with Crippen LogP contribution in [-0.2, 0) is 4.74 Å². The number of aromatic hydroxyl groups is 1. The van der Waals surface area contributed by atoms with Crippen molar-refractivity contribution in [2.45, 2.75) is 25.1 Å². The highest BCUT2D eigenvalue weighted by molar-refractivity contribution is 5.43. The van der Waals surface area contributed by atoms with Crippen LogP contribution in [0.3, 0.4) is 0 Å². The van der Waals surface area contributed by atoms with Gasteiger partial charge in [-0.1, -0.05) is 6.07 Å². The third-order valence-electron chi connectivity index (χ3n) is 2.90. The molecule has 1 aliphatic rings. The number of phenolic OH excluding ortho intramolecular Hbond substituents is 1. The summed E-state index contributed by atoms with van der Waals surface area (Å²) in [6.45, 7) is 1.26. The van der Waals surface area contributed by atoms with Crippen molar-refractivity contribution in [2.75, 3.05) is 13.2 Å². The molecule has 3 nitrogen and oxygen atoms in total. The molecule has 1 saturated heterocycles. The number of benzene rings is 1. The molecular weight excluding hydrogens is 249 g/mol. The van der Waals surface area contributed by atoms with Crippen LogP contribution in [-0.4, -0.2) is 24.7 Å². The number of ether oxygens (including phenoxy) is 2. The van der Waals surface area contributed by atoms with Crippen LogP contribution in [0.1, 0.15) is 24.3 Å². The minimum absolute atomic E-state index is 0.213. The zero-order chi connectivity index (χ0) is 13.2. The van der Waals surface area contributed by atoms with Crippen molar-refractivity contribution in [1.29, 1.82) is 0 Å². The lowest BCUT2D eigenvalue weighted by Gasteiger charge is -2.22. The van der Waals surface area contributed by atoms with Gasteiger partial charge >= 0.3 is 6.36 Å². The first kappa shape index (κ1) is 13.0. The average Bonchev–Trinajstić information content (AvgIpc) is 2.31. The molecule has 0 atom stereocenters. The summed E-state index contributed by atoms with van der Waals surface area (Å²) in [7, 11) is 0. The number of alkyl halides is 3. The Bertz CT molecular complexity index is 412. The van der Waals surface area contributed by atoms with Gasteiger partial charge < -0.3 is 14.6 Å². The van der Waals surface area contributed by atoms with Crippen molar-refractivity contribution in [2.24, 2.45) is 0 Å². The molecule has 6 heteroatoms. The Morgan fingerprint density at radius 3 is 2.44 bits per heavy atom. The van der Waals surface area contributed by atoms with E-state index in [4.69, 9.17) is 4.74 Å². The van der Waals surface area contributed by atoms with E-state index >= 15 is 0 Å². The van der Waals surface area contributed by atoms with Crippen molar-refractivity contribution >= 4 is 0 Å². The van der Waals surface area contributed by atoms with E-state index in [1.807, 2.05) is 0 Å². The van der Waals surface area contributed by atoms with Crippen LogP contribution >= 0.6 is 0 Å². The number of phenols is 1. The molecule has 1 fully saturated rings. The molecule has 0 aromatic heterocycles. The molecule has 1 aromatic carbocycles. The Morgan fingerprint density at radius 1 is 1.22 bits per heavy atom.